The number of benzene rings is 2. The lowest BCUT2D eigenvalue weighted by Crippen LogP contribution is -2.30. The summed E-state index contributed by atoms with van der Waals surface area (Å²) in [6.45, 7) is 3.84. The molecular formula is C19H17ClN6O3. The van der Waals surface area contributed by atoms with Gasteiger partial charge in [-0.25, -0.2) is 9.97 Å². The van der Waals surface area contributed by atoms with Crippen LogP contribution in [0.2, 0.25) is 5.02 Å². The molecule has 0 radical (unpaired) electrons. The average Bonchev–Trinajstić information content (AvgIpc) is 2.70. The molecule has 0 spiro atoms. The van der Waals surface area contributed by atoms with Gasteiger partial charge in [0.2, 0.25) is 11.6 Å². The van der Waals surface area contributed by atoms with Gasteiger partial charge in [0.15, 0.2) is 0 Å². The molecule has 0 fully saturated rings. The number of aryl methyl sites for hydroxylation is 1. The van der Waals surface area contributed by atoms with Gasteiger partial charge in [0, 0.05) is 16.3 Å². The molecule has 0 aliphatic heterocycles. The summed E-state index contributed by atoms with van der Waals surface area (Å²) in [5.41, 5.74) is 7.46. The van der Waals surface area contributed by atoms with Gasteiger partial charge in [0.05, 0.1) is 4.92 Å². The lowest BCUT2D eigenvalue weighted by Gasteiger charge is -2.13. The molecule has 0 aliphatic carbocycles. The van der Waals surface area contributed by atoms with Crippen molar-refractivity contribution < 1.29 is 9.72 Å². The molecule has 1 amide bonds. The highest BCUT2D eigenvalue weighted by Crippen LogP contribution is 2.32. The first-order chi connectivity index (χ1) is 13.9. The van der Waals surface area contributed by atoms with Crippen LogP contribution in [0.25, 0.3) is 0 Å². The number of hydrogen-bond donors (Lipinski definition) is 3. The van der Waals surface area contributed by atoms with Gasteiger partial charge in [-0.05, 0) is 55.3 Å². The third kappa shape index (κ3) is 4.58. The molecule has 0 atom stereocenters. The molecule has 1 heterocycles. The highest BCUT2D eigenvalue weighted by Gasteiger charge is 2.24. The van der Waals surface area contributed by atoms with Crippen molar-refractivity contribution in [1.29, 1.82) is 0 Å². The maximum absolute atomic E-state index is 12.2. The maximum Gasteiger partial charge on any atom is 0.355 e. The number of nitro groups is 1. The van der Waals surface area contributed by atoms with E-state index in [9.17, 15) is 14.9 Å². The molecule has 148 valence electrons. The quantitative estimate of drug-likeness (QED) is 0.410. The van der Waals surface area contributed by atoms with E-state index in [0.717, 1.165) is 17.5 Å². The highest BCUT2D eigenvalue weighted by atomic mass is 35.5. The first-order valence-electron chi connectivity index (χ1n) is 8.51. The first kappa shape index (κ1) is 20.0. The van der Waals surface area contributed by atoms with Crippen molar-refractivity contribution in [3.05, 3.63) is 80.6 Å². The van der Waals surface area contributed by atoms with Crippen LogP contribution in [0.5, 0.6) is 0 Å². The summed E-state index contributed by atoms with van der Waals surface area (Å²) in [4.78, 5) is 31.1. The van der Waals surface area contributed by atoms with Crippen molar-refractivity contribution >= 4 is 40.5 Å². The second-order valence-electron chi connectivity index (χ2n) is 6.14. The molecule has 3 N–H and O–H groups in total. The van der Waals surface area contributed by atoms with Crippen LogP contribution in [0.3, 0.4) is 0 Å². The predicted molar refractivity (Wildman–Crippen MR) is 110 cm³/mol. The molecular weight excluding hydrogens is 396 g/mol. The van der Waals surface area contributed by atoms with Crippen LogP contribution < -0.4 is 16.2 Å². The smallest absolute Gasteiger partial charge is 0.334 e. The van der Waals surface area contributed by atoms with E-state index in [1.807, 2.05) is 26.0 Å². The second kappa shape index (κ2) is 8.53. The fourth-order valence-electron chi connectivity index (χ4n) is 2.54. The Hall–Kier alpha value is -3.72. The molecule has 3 rings (SSSR count). The van der Waals surface area contributed by atoms with Crippen LogP contribution in [0, 0.1) is 24.0 Å². The van der Waals surface area contributed by atoms with Crippen LogP contribution in [-0.2, 0) is 0 Å². The van der Waals surface area contributed by atoms with Gasteiger partial charge < -0.3 is 5.32 Å². The van der Waals surface area contributed by atoms with Gasteiger partial charge in [0.25, 0.3) is 5.91 Å². The monoisotopic (exact) mass is 412 g/mol. The summed E-state index contributed by atoms with van der Waals surface area (Å²) < 4.78 is 0. The summed E-state index contributed by atoms with van der Waals surface area (Å²) in [6.07, 6.45) is 1.16. The lowest BCUT2D eigenvalue weighted by atomic mass is 10.1. The predicted octanol–water partition coefficient (Wildman–Crippen LogP) is 4.16. The molecule has 2 aromatic carbocycles. The molecule has 10 heteroatoms. The zero-order chi connectivity index (χ0) is 21.0. The molecule has 1 aromatic heterocycles. The average molecular weight is 413 g/mol. The Labute approximate surface area is 171 Å². The second-order valence-corrected chi connectivity index (χ2v) is 6.57. The van der Waals surface area contributed by atoms with Crippen LogP contribution >= 0.6 is 11.6 Å². The maximum atomic E-state index is 12.2. The third-order valence-electron chi connectivity index (χ3n) is 4.26. The fourth-order valence-corrected chi connectivity index (χ4v) is 2.66. The number of aromatic nitrogens is 2. The van der Waals surface area contributed by atoms with Crippen LogP contribution in [-0.4, -0.2) is 20.8 Å². The molecule has 0 aliphatic rings. The lowest BCUT2D eigenvalue weighted by molar-refractivity contribution is -0.383. The number of halogens is 1. The summed E-state index contributed by atoms with van der Waals surface area (Å²) >= 11 is 5.80. The SMILES string of the molecule is Cc1cccc(Nc2ncnc(NNC(=O)c3ccc(Cl)cc3)c2[N+](=O)[O-])c1C. The number of anilines is 3. The van der Waals surface area contributed by atoms with Crippen molar-refractivity contribution in [2.24, 2.45) is 0 Å². The molecule has 9 nitrogen and oxygen atoms in total. The van der Waals surface area contributed by atoms with Gasteiger partial charge in [-0.3, -0.25) is 25.8 Å². The normalized spacial score (nSPS) is 10.3. The molecule has 29 heavy (non-hydrogen) atoms. The number of carbonyl (C=O) groups is 1. The summed E-state index contributed by atoms with van der Waals surface area (Å²) in [6, 6.07) is 11.8. The number of hydrazine groups is 1. The standard InChI is InChI=1S/C19H17ClN6O3/c1-11-4-3-5-15(12(11)2)23-17-16(26(28)29)18(22-10-21-17)24-25-19(27)13-6-8-14(20)9-7-13/h3-10H,1-2H3,(H,25,27)(H2,21,22,23,24). The Morgan fingerprint density at radius 1 is 1.07 bits per heavy atom. The van der Waals surface area contributed by atoms with Crippen LogP contribution in [0.4, 0.5) is 23.0 Å². The van der Waals surface area contributed by atoms with E-state index in [1.165, 1.54) is 12.1 Å². The first-order valence-corrected chi connectivity index (χ1v) is 8.89. The summed E-state index contributed by atoms with van der Waals surface area (Å²) in [5, 5.41) is 15.1. The number of nitrogens with one attached hydrogen (secondary N) is 3. The molecule has 0 saturated carbocycles. The van der Waals surface area contributed by atoms with Gasteiger partial charge in [0.1, 0.15) is 6.33 Å². The molecule has 0 bridgehead atoms. The third-order valence-corrected chi connectivity index (χ3v) is 4.52. The number of hydrogen-bond acceptors (Lipinski definition) is 7. The topological polar surface area (TPSA) is 122 Å². The van der Waals surface area contributed by atoms with E-state index in [1.54, 1.807) is 18.2 Å². The summed E-state index contributed by atoms with van der Waals surface area (Å²) in [7, 11) is 0. The van der Waals surface area contributed by atoms with Gasteiger partial charge in [-0.15, -0.1) is 0 Å². The van der Waals surface area contributed by atoms with Crippen LogP contribution in [0.1, 0.15) is 21.5 Å². The zero-order valence-electron chi connectivity index (χ0n) is 15.6. The Bertz CT molecular complexity index is 1070. The van der Waals surface area contributed by atoms with E-state index in [4.69, 9.17) is 11.6 Å². The Balaban J connectivity index is 1.85. The minimum absolute atomic E-state index is 0.00180. The van der Waals surface area contributed by atoms with Crippen molar-refractivity contribution in [3.63, 3.8) is 0 Å². The number of amides is 1. The van der Waals surface area contributed by atoms with E-state index in [2.05, 4.69) is 26.1 Å². The number of rotatable bonds is 6. The van der Waals surface area contributed by atoms with Crippen molar-refractivity contribution in [1.82, 2.24) is 15.4 Å². The Kier molecular flexibility index (Phi) is 5.89. The summed E-state index contributed by atoms with van der Waals surface area (Å²) in [5.74, 6) is -0.652. The van der Waals surface area contributed by atoms with Crippen molar-refractivity contribution in [2.75, 3.05) is 10.7 Å². The molecule has 0 unspecified atom stereocenters. The highest BCUT2D eigenvalue weighted by molar-refractivity contribution is 6.30. The van der Waals surface area contributed by atoms with E-state index in [-0.39, 0.29) is 11.6 Å². The van der Waals surface area contributed by atoms with Gasteiger partial charge >= 0.3 is 5.69 Å². The molecule has 0 saturated heterocycles. The molecule has 3 aromatic rings. The van der Waals surface area contributed by atoms with E-state index in [0.29, 0.717) is 16.3 Å². The fraction of sp³-hybridized carbons (Fsp3) is 0.105. The van der Waals surface area contributed by atoms with Crippen molar-refractivity contribution in [2.45, 2.75) is 13.8 Å². The Morgan fingerprint density at radius 2 is 1.76 bits per heavy atom. The Morgan fingerprint density at radius 3 is 2.45 bits per heavy atom. The number of carbonyl (C=O) groups excluding carboxylic acids is 1. The van der Waals surface area contributed by atoms with Gasteiger partial charge in [-0.2, -0.15) is 0 Å². The minimum Gasteiger partial charge on any atom is -0.334 e. The van der Waals surface area contributed by atoms with Gasteiger partial charge in [-0.1, -0.05) is 23.7 Å². The minimum atomic E-state index is -0.621. The zero-order valence-corrected chi connectivity index (χ0v) is 16.3. The largest absolute Gasteiger partial charge is 0.355 e. The van der Waals surface area contributed by atoms with E-state index < -0.39 is 16.5 Å². The van der Waals surface area contributed by atoms with Crippen molar-refractivity contribution in [3.8, 4) is 0 Å². The van der Waals surface area contributed by atoms with Crippen LogP contribution in [0.15, 0.2) is 48.8 Å². The number of nitrogens with zero attached hydrogens (tertiary/aromatic N) is 3. The van der Waals surface area contributed by atoms with E-state index >= 15 is 0 Å².